The predicted octanol–water partition coefficient (Wildman–Crippen LogP) is 4.98. The molecule has 1 unspecified atom stereocenters. The number of ether oxygens (including phenoxy) is 1. The first kappa shape index (κ1) is 29.8. The fraction of sp³-hybridized carbons (Fsp3) is 0.323. The number of nitrogens with one attached hydrogen (secondary N) is 3. The highest BCUT2D eigenvalue weighted by Gasteiger charge is 2.25. The summed E-state index contributed by atoms with van der Waals surface area (Å²) >= 11 is 6.23. The van der Waals surface area contributed by atoms with Gasteiger partial charge in [0.25, 0.3) is 11.8 Å². The van der Waals surface area contributed by atoms with Crippen LogP contribution in [0.5, 0.6) is 5.75 Å². The van der Waals surface area contributed by atoms with E-state index in [2.05, 4.69) is 16.6 Å². The minimum absolute atomic E-state index is 0.0207. The maximum Gasteiger partial charge on any atom is 0.258 e. The van der Waals surface area contributed by atoms with Crippen LogP contribution in [0.2, 0.25) is 5.02 Å². The number of methoxy groups -OCH3 is 1. The zero-order valence-electron chi connectivity index (χ0n) is 22.9. The number of nitrogens with zero attached hydrogens (tertiary/aromatic N) is 1. The molecule has 8 nitrogen and oxygen atoms in total. The highest BCUT2D eigenvalue weighted by atomic mass is 35.5. The number of amidine groups is 1. The van der Waals surface area contributed by atoms with Crippen LogP contribution in [-0.4, -0.2) is 54.5 Å². The van der Waals surface area contributed by atoms with E-state index in [1.165, 1.54) is 31.4 Å². The zero-order chi connectivity index (χ0) is 29.7. The van der Waals surface area contributed by atoms with Gasteiger partial charge in [-0.3, -0.25) is 15.0 Å². The van der Waals surface area contributed by atoms with Gasteiger partial charge >= 0.3 is 0 Å². The number of carbonyl (C=O) groups excluding carboxylic acids is 2. The molecule has 1 atom stereocenters. The molecule has 2 amide bonds. The number of amides is 2. The summed E-state index contributed by atoms with van der Waals surface area (Å²) in [6.07, 6.45) is 13.0. The Balaban J connectivity index is 1.54. The molecule has 4 rings (SSSR count). The molecule has 2 aromatic rings. The third kappa shape index (κ3) is 6.79. The number of piperidine rings is 1. The lowest BCUT2D eigenvalue weighted by Gasteiger charge is -2.33. The number of aliphatic hydroxyl groups is 1. The molecule has 1 fully saturated rings. The first-order chi connectivity index (χ1) is 19.6. The van der Waals surface area contributed by atoms with E-state index in [1.807, 2.05) is 17.9 Å². The SMILES string of the molecule is C#CC1(C)C=CC(NC(=O)c2cc(Cl)cc(OC)c2NC(=O)c2ccc(C(=N)N3CCC(CO)CC3)cc2F)=CC1. The van der Waals surface area contributed by atoms with E-state index in [9.17, 15) is 14.7 Å². The second-order valence-electron chi connectivity index (χ2n) is 10.4. The van der Waals surface area contributed by atoms with Crippen LogP contribution >= 0.6 is 11.6 Å². The Morgan fingerprint density at radius 2 is 1.93 bits per heavy atom. The fourth-order valence-electron chi connectivity index (χ4n) is 4.73. The lowest BCUT2D eigenvalue weighted by Crippen LogP contribution is -2.39. The molecule has 2 aromatic carbocycles. The molecule has 10 heteroatoms. The van der Waals surface area contributed by atoms with Crippen LogP contribution in [0.4, 0.5) is 10.1 Å². The molecular weight excluding hydrogens is 547 g/mol. The van der Waals surface area contributed by atoms with Crippen LogP contribution in [-0.2, 0) is 0 Å². The molecule has 0 saturated carbocycles. The molecule has 41 heavy (non-hydrogen) atoms. The van der Waals surface area contributed by atoms with Crippen molar-refractivity contribution in [2.24, 2.45) is 11.3 Å². The molecule has 2 aliphatic rings. The van der Waals surface area contributed by atoms with E-state index in [4.69, 9.17) is 28.2 Å². The molecule has 1 heterocycles. The van der Waals surface area contributed by atoms with E-state index in [0.29, 0.717) is 30.8 Å². The Hall–Kier alpha value is -4.13. The van der Waals surface area contributed by atoms with Gasteiger partial charge in [-0.15, -0.1) is 6.42 Å². The van der Waals surface area contributed by atoms with Crippen molar-refractivity contribution >= 4 is 34.9 Å². The highest BCUT2D eigenvalue weighted by Crippen LogP contribution is 2.34. The highest BCUT2D eigenvalue weighted by molar-refractivity contribution is 6.31. The first-order valence-electron chi connectivity index (χ1n) is 13.2. The van der Waals surface area contributed by atoms with Gasteiger partial charge in [0.1, 0.15) is 17.4 Å². The maximum absolute atomic E-state index is 15.2. The molecule has 4 N–H and O–H groups in total. The van der Waals surface area contributed by atoms with Crippen LogP contribution in [0.25, 0.3) is 0 Å². The molecule has 214 valence electrons. The Labute approximate surface area is 243 Å². The molecule has 0 radical (unpaired) electrons. The Morgan fingerprint density at radius 3 is 2.51 bits per heavy atom. The second-order valence-corrected chi connectivity index (χ2v) is 10.8. The average molecular weight is 579 g/mol. The number of halogens is 2. The van der Waals surface area contributed by atoms with Gasteiger partial charge in [0.2, 0.25) is 0 Å². The van der Waals surface area contributed by atoms with Gasteiger partial charge in [0.15, 0.2) is 0 Å². The monoisotopic (exact) mass is 578 g/mol. The summed E-state index contributed by atoms with van der Waals surface area (Å²) < 4.78 is 20.6. The van der Waals surface area contributed by atoms with Gasteiger partial charge in [0, 0.05) is 42.0 Å². The van der Waals surface area contributed by atoms with E-state index >= 15 is 4.39 Å². The number of aliphatic hydroxyl groups excluding tert-OH is 1. The van der Waals surface area contributed by atoms with E-state index in [0.717, 1.165) is 18.9 Å². The third-order valence-electron chi connectivity index (χ3n) is 7.41. The fourth-order valence-corrected chi connectivity index (χ4v) is 4.94. The topological polar surface area (TPSA) is 115 Å². The summed E-state index contributed by atoms with van der Waals surface area (Å²) in [4.78, 5) is 28.3. The number of anilines is 1. The van der Waals surface area contributed by atoms with Crippen LogP contribution in [0.15, 0.2) is 54.3 Å². The van der Waals surface area contributed by atoms with Gasteiger partial charge in [-0.05, 0) is 56.4 Å². The van der Waals surface area contributed by atoms with Crippen molar-refractivity contribution in [1.29, 1.82) is 5.41 Å². The van der Waals surface area contributed by atoms with Gasteiger partial charge in [-0.1, -0.05) is 35.7 Å². The summed E-state index contributed by atoms with van der Waals surface area (Å²) in [5, 5.41) is 23.4. The predicted molar refractivity (Wildman–Crippen MR) is 157 cm³/mol. The summed E-state index contributed by atoms with van der Waals surface area (Å²) in [5.41, 5.74) is 0.199. The number of hydrogen-bond donors (Lipinski definition) is 4. The van der Waals surface area contributed by atoms with Crippen molar-refractivity contribution in [2.45, 2.75) is 26.2 Å². The summed E-state index contributed by atoms with van der Waals surface area (Å²) in [6, 6.07) is 6.78. The molecule has 1 saturated heterocycles. The van der Waals surface area contributed by atoms with Crippen molar-refractivity contribution in [2.75, 3.05) is 32.1 Å². The Bertz CT molecular complexity index is 1470. The van der Waals surface area contributed by atoms with Crippen molar-refractivity contribution in [3.05, 3.63) is 81.8 Å². The third-order valence-corrected chi connectivity index (χ3v) is 7.63. The average Bonchev–Trinajstić information content (AvgIpc) is 2.98. The van der Waals surface area contributed by atoms with Gasteiger partial charge in [-0.25, -0.2) is 4.39 Å². The Morgan fingerprint density at radius 1 is 1.22 bits per heavy atom. The van der Waals surface area contributed by atoms with Crippen molar-refractivity contribution < 1.29 is 23.8 Å². The molecular formula is C31H32ClFN4O4. The minimum Gasteiger partial charge on any atom is -0.494 e. The van der Waals surface area contributed by atoms with E-state index in [1.54, 1.807) is 12.2 Å². The molecule has 1 aliphatic heterocycles. The van der Waals surface area contributed by atoms with Crippen molar-refractivity contribution in [3.63, 3.8) is 0 Å². The standard InChI is InChI=1S/C31H32ClFN4O4/c1-4-31(2)11-7-22(8-12-31)35-30(40)24-16-21(32)17-26(41-3)27(24)36-29(39)23-6-5-20(15-25(23)33)28(34)37-13-9-19(18-38)10-14-37/h1,5-8,11,15-17,19,34,38H,9-10,12-14,18H2,2-3H3,(H,35,40)(H,36,39). The summed E-state index contributed by atoms with van der Waals surface area (Å²) in [6.45, 7) is 3.20. The van der Waals surface area contributed by atoms with E-state index < -0.39 is 23.0 Å². The van der Waals surface area contributed by atoms with Gasteiger partial charge in [-0.2, -0.15) is 0 Å². The lowest BCUT2D eigenvalue weighted by molar-refractivity contribution is 0.0967. The number of carbonyl (C=O) groups is 2. The molecule has 0 aromatic heterocycles. The largest absolute Gasteiger partial charge is 0.494 e. The summed E-state index contributed by atoms with van der Waals surface area (Å²) in [7, 11) is 1.36. The van der Waals surface area contributed by atoms with Crippen LogP contribution in [0.1, 0.15) is 52.5 Å². The zero-order valence-corrected chi connectivity index (χ0v) is 23.6. The smallest absolute Gasteiger partial charge is 0.258 e. The van der Waals surface area contributed by atoms with Crippen LogP contribution < -0.4 is 15.4 Å². The Kier molecular flexibility index (Phi) is 9.16. The van der Waals surface area contributed by atoms with Gasteiger partial charge in [0.05, 0.1) is 29.3 Å². The minimum atomic E-state index is -0.817. The van der Waals surface area contributed by atoms with Gasteiger partial charge < -0.3 is 25.4 Å². The number of hydrogen-bond acceptors (Lipinski definition) is 5. The molecule has 0 bridgehead atoms. The van der Waals surface area contributed by atoms with Crippen molar-refractivity contribution in [1.82, 2.24) is 10.2 Å². The van der Waals surface area contributed by atoms with Crippen molar-refractivity contribution in [3.8, 4) is 18.1 Å². The van der Waals surface area contributed by atoms with E-state index in [-0.39, 0.29) is 45.9 Å². The molecule has 1 aliphatic carbocycles. The second kappa shape index (κ2) is 12.6. The normalized spacial score (nSPS) is 18.7. The quantitative estimate of drug-likeness (QED) is 0.210. The van der Waals surface area contributed by atoms with Crippen LogP contribution in [0.3, 0.4) is 0 Å². The number of allylic oxidation sites excluding steroid dienone is 3. The molecule has 0 spiro atoms. The summed E-state index contributed by atoms with van der Waals surface area (Å²) in [5.74, 6) is 1.01. The number of terminal acetylenes is 1. The number of benzene rings is 2. The number of likely N-dealkylation sites (tertiary alicyclic amines) is 1. The lowest BCUT2D eigenvalue weighted by atomic mass is 9.84. The first-order valence-corrected chi connectivity index (χ1v) is 13.6. The van der Waals surface area contributed by atoms with Crippen LogP contribution in [0, 0.1) is 34.9 Å². The number of rotatable bonds is 7. The maximum atomic E-state index is 15.2.